The van der Waals surface area contributed by atoms with Crippen molar-refractivity contribution in [1.82, 2.24) is 20.2 Å². The molecule has 0 saturated carbocycles. The van der Waals surface area contributed by atoms with Gasteiger partial charge in [-0.05, 0) is 37.5 Å². The quantitative estimate of drug-likeness (QED) is 0.508. The molecule has 0 bridgehead atoms. The highest BCUT2D eigenvalue weighted by molar-refractivity contribution is 5.43. The Kier molecular flexibility index (Phi) is 8.92. The minimum Gasteiger partial charge on any atom is -0.490 e. The van der Waals surface area contributed by atoms with Gasteiger partial charge in [0.25, 0.3) is 0 Å². The second-order valence-electron chi connectivity index (χ2n) is 8.93. The number of rotatable bonds is 11. The van der Waals surface area contributed by atoms with Gasteiger partial charge in [-0.2, -0.15) is 0 Å². The van der Waals surface area contributed by atoms with Crippen molar-refractivity contribution in [2.24, 2.45) is 0 Å². The topological polar surface area (TPSA) is 92.2 Å². The van der Waals surface area contributed by atoms with E-state index in [1.807, 2.05) is 19.1 Å². The van der Waals surface area contributed by atoms with Gasteiger partial charge in [0.1, 0.15) is 12.4 Å². The molecule has 1 atom stereocenters. The van der Waals surface area contributed by atoms with E-state index in [2.05, 4.69) is 31.2 Å². The molecule has 2 fully saturated rings. The molecule has 2 N–H and O–H groups in total. The van der Waals surface area contributed by atoms with Gasteiger partial charge in [-0.3, -0.25) is 9.88 Å². The van der Waals surface area contributed by atoms with Crippen molar-refractivity contribution in [1.29, 1.82) is 0 Å². The van der Waals surface area contributed by atoms with Crippen molar-refractivity contribution < 1.29 is 19.3 Å². The van der Waals surface area contributed by atoms with Crippen LogP contribution < -0.4 is 19.7 Å². The van der Waals surface area contributed by atoms with Gasteiger partial charge in [0.2, 0.25) is 0 Å². The molecule has 2 saturated heterocycles. The molecule has 0 radical (unpaired) electrons. The van der Waals surface area contributed by atoms with Crippen LogP contribution in [-0.2, 0) is 11.3 Å². The van der Waals surface area contributed by atoms with Crippen LogP contribution >= 0.6 is 0 Å². The number of aliphatic hydroxyl groups is 1. The van der Waals surface area contributed by atoms with Crippen LogP contribution in [0.1, 0.15) is 25.3 Å². The summed E-state index contributed by atoms with van der Waals surface area (Å²) in [7, 11) is 0. The van der Waals surface area contributed by atoms with Crippen molar-refractivity contribution >= 4 is 5.82 Å². The van der Waals surface area contributed by atoms with E-state index < -0.39 is 5.60 Å². The summed E-state index contributed by atoms with van der Waals surface area (Å²) >= 11 is 0. The lowest BCUT2D eigenvalue weighted by atomic mass is 9.92. The molecular weight excluding hydrogens is 434 g/mol. The Balaban J connectivity index is 1.27. The van der Waals surface area contributed by atoms with Gasteiger partial charge in [0.15, 0.2) is 11.5 Å². The molecule has 1 aromatic heterocycles. The van der Waals surface area contributed by atoms with Crippen LogP contribution in [-0.4, -0.2) is 91.3 Å². The second-order valence-corrected chi connectivity index (χ2v) is 8.93. The molecule has 0 spiro atoms. The average Bonchev–Trinajstić information content (AvgIpc) is 2.86. The van der Waals surface area contributed by atoms with Crippen LogP contribution in [0.4, 0.5) is 5.82 Å². The number of nitrogens with one attached hydrogen (secondary N) is 1. The first-order valence-corrected chi connectivity index (χ1v) is 12.3. The van der Waals surface area contributed by atoms with Crippen LogP contribution in [0.3, 0.4) is 0 Å². The van der Waals surface area contributed by atoms with Gasteiger partial charge >= 0.3 is 0 Å². The highest BCUT2D eigenvalue weighted by Gasteiger charge is 2.33. The molecule has 9 heteroatoms. The van der Waals surface area contributed by atoms with E-state index in [1.165, 1.54) is 0 Å². The summed E-state index contributed by atoms with van der Waals surface area (Å²) in [5, 5.41) is 14.6. The number of ether oxygens (including phenoxy) is 3. The zero-order valence-corrected chi connectivity index (χ0v) is 20.1. The first-order valence-electron chi connectivity index (χ1n) is 12.3. The van der Waals surface area contributed by atoms with Crippen molar-refractivity contribution in [3.05, 3.63) is 42.4 Å². The zero-order valence-electron chi connectivity index (χ0n) is 20.1. The smallest absolute Gasteiger partial charge is 0.161 e. The Hall–Kier alpha value is -2.46. The molecule has 1 aromatic carbocycles. The highest BCUT2D eigenvalue weighted by Crippen LogP contribution is 2.29. The maximum atomic E-state index is 11.2. The lowest BCUT2D eigenvalue weighted by Gasteiger charge is -2.39. The van der Waals surface area contributed by atoms with Gasteiger partial charge in [-0.1, -0.05) is 6.07 Å². The van der Waals surface area contributed by atoms with Gasteiger partial charge in [0.05, 0.1) is 31.6 Å². The van der Waals surface area contributed by atoms with E-state index >= 15 is 0 Å². The highest BCUT2D eigenvalue weighted by atomic mass is 16.5. The normalized spacial score (nSPS) is 21.4. The van der Waals surface area contributed by atoms with E-state index in [1.54, 1.807) is 18.6 Å². The van der Waals surface area contributed by atoms with Crippen molar-refractivity contribution in [2.75, 3.05) is 70.6 Å². The zero-order chi connectivity index (χ0) is 23.6. The molecule has 0 aliphatic carbocycles. The maximum Gasteiger partial charge on any atom is 0.161 e. The fourth-order valence-electron chi connectivity index (χ4n) is 4.51. The summed E-state index contributed by atoms with van der Waals surface area (Å²) in [5.74, 6) is 2.34. The predicted octanol–water partition coefficient (Wildman–Crippen LogP) is 1.71. The molecule has 4 rings (SSSR count). The van der Waals surface area contributed by atoms with Gasteiger partial charge in [-0.25, -0.2) is 4.98 Å². The Labute approximate surface area is 202 Å². The number of aromatic nitrogens is 2. The van der Waals surface area contributed by atoms with Crippen LogP contribution in [0.25, 0.3) is 0 Å². The largest absolute Gasteiger partial charge is 0.490 e. The van der Waals surface area contributed by atoms with Crippen LogP contribution in [0.2, 0.25) is 0 Å². The molecule has 0 unspecified atom stereocenters. The summed E-state index contributed by atoms with van der Waals surface area (Å²) < 4.78 is 17.3. The first-order chi connectivity index (χ1) is 16.6. The Bertz CT molecular complexity index is 881. The summed E-state index contributed by atoms with van der Waals surface area (Å²) in [6, 6.07) is 6.06. The summed E-state index contributed by atoms with van der Waals surface area (Å²) in [5.41, 5.74) is 0.287. The molecule has 2 aliphatic heterocycles. The molecule has 3 heterocycles. The fourth-order valence-corrected chi connectivity index (χ4v) is 4.51. The molecule has 0 amide bonds. The van der Waals surface area contributed by atoms with Crippen molar-refractivity contribution in [3.8, 4) is 11.5 Å². The van der Waals surface area contributed by atoms with Crippen LogP contribution in [0.5, 0.6) is 11.5 Å². The third-order valence-corrected chi connectivity index (χ3v) is 6.29. The lowest BCUT2D eigenvalue weighted by molar-refractivity contribution is 0.0258. The van der Waals surface area contributed by atoms with E-state index in [4.69, 9.17) is 14.2 Å². The predicted molar refractivity (Wildman–Crippen MR) is 131 cm³/mol. The Morgan fingerprint density at radius 2 is 2.03 bits per heavy atom. The SMILES string of the molecule is CCOc1cc(CNC[C@@]2(O)CCCN(c3cnccn3)C2)ccc1OCCN1CCOCC1. The molecule has 9 nitrogen and oxygen atoms in total. The summed E-state index contributed by atoms with van der Waals surface area (Å²) in [4.78, 5) is 13.0. The van der Waals surface area contributed by atoms with Gasteiger partial charge in [-0.15, -0.1) is 0 Å². The number of anilines is 1. The summed E-state index contributed by atoms with van der Waals surface area (Å²) in [6.07, 6.45) is 6.78. The average molecular weight is 472 g/mol. The number of benzene rings is 1. The van der Waals surface area contributed by atoms with Crippen molar-refractivity contribution in [3.63, 3.8) is 0 Å². The lowest BCUT2D eigenvalue weighted by Crippen LogP contribution is -2.53. The van der Waals surface area contributed by atoms with E-state index in [0.717, 1.165) is 75.1 Å². The molecule has 34 heavy (non-hydrogen) atoms. The molecule has 2 aliphatic rings. The number of nitrogens with zero attached hydrogens (tertiary/aromatic N) is 4. The van der Waals surface area contributed by atoms with E-state index in [-0.39, 0.29) is 0 Å². The van der Waals surface area contributed by atoms with Crippen LogP contribution in [0.15, 0.2) is 36.8 Å². The van der Waals surface area contributed by atoms with Gasteiger partial charge < -0.3 is 29.5 Å². The van der Waals surface area contributed by atoms with Crippen LogP contribution in [0, 0.1) is 0 Å². The Morgan fingerprint density at radius 1 is 1.15 bits per heavy atom. The molecule has 2 aromatic rings. The second kappa shape index (κ2) is 12.3. The van der Waals surface area contributed by atoms with Crippen molar-refractivity contribution in [2.45, 2.75) is 31.9 Å². The number of piperidine rings is 1. The maximum absolute atomic E-state index is 11.2. The Morgan fingerprint density at radius 3 is 2.82 bits per heavy atom. The molecular formula is C25H37N5O4. The fraction of sp³-hybridized carbons (Fsp3) is 0.600. The molecule has 186 valence electrons. The van der Waals surface area contributed by atoms with E-state index in [0.29, 0.717) is 32.8 Å². The number of hydrogen-bond acceptors (Lipinski definition) is 9. The number of morpholine rings is 1. The van der Waals surface area contributed by atoms with Gasteiger partial charge in [0, 0.05) is 58.2 Å². The number of β-amino-alcohol motifs (C(OH)–C–C–N with tert-alkyl or cyclic N) is 1. The standard InChI is InChI=1S/C25H37N5O4/c1-2-33-23-16-21(4-5-22(23)34-15-12-29-10-13-32-14-11-29)17-27-19-25(31)6-3-9-30(20-25)24-18-26-7-8-28-24/h4-5,7-8,16,18,27,31H,2-3,6,9-15,17,19-20H2,1H3/t25-/m0/s1. The third kappa shape index (κ3) is 7.02. The summed E-state index contributed by atoms with van der Waals surface area (Å²) in [6.45, 7) is 10.1. The monoisotopic (exact) mass is 471 g/mol. The van der Waals surface area contributed by atoms with E-state index in [9.17, 15) is 5.11 Å². The minimum absolute atomic E-state index is 0.505. The number of hydrogen-bond donors (Lipinski definition) is 2. The first kappa shape index (κ1) is 24.7. The minimum atomic E-state index is -0.805. The third-order valence-electron chi connectivity index (χ3n) is 6.29.